The van der Waals surface area contributed by atoms with Crippen molar-refractivity contribution < 1.29 is 0 Å². The summed E-state index contributed by atoms with van der Waals surface area (Å²) in [6.07, 6.45) is 1.19. The van der Waals surface area contributed by atoms with Gasteiger partial charge in [-0.25, -0.2) is 0 Å². The van der Waals surface area contributed by atoms with E-state index in [9.17, 15) is 0 Å². The minimum atomic E-state index is 1.19. The van der Waals surface area contributed by atoms with Crippen LogP contribution in [0.15, 0.2) is 0 Å². The lowest BCUT2D eigenvalue weighted by Crippen LogP contribution is -1.63. The summed E-state index contributed by atoms with van der Waals surface area (Å²) in [5.74, 6) is 3.44. The molecule has 0 aromatic rings. The summed E-state index contributed by atoms with van der Waals surface area (Å²) in [5, 5.41) is 0. The summed E-state index contributed by atoms with van der Waals surface area (Å²) in [5.41, 5.74) is 0. The van der Waals surface area contributed by atoms with E-state index in [4.69, 9.17) is 0 Å². The lowest BCUT2D eigenvalue weighted by Gasteiger charge is -1.86. The highest BCUT2D eigenvalue weighted by Gasteiger charge is 1.75. The van der Waals surface area contributed by atoms with Crippen LogP contribution in [0.3, 0.4) is 0 Å². The van der Waals surface area contributed by atoms with Crippen molar-refractivity contribution in [3.05, 3.63) is 5.75 Å². The molecule has 0 aromatic carbocycles. The second kappa shape index (κ2) is 5.35. The minimum Gasteiger partial charge on any atom is -0.158 e. The van der Waals surface area contributed by atoms with Gasteiger partial charge in [0.05, 0.1) is 0 Å². The fraction of sp³-hybridized carbons (Fsp3) is 0.800. The van der Waals surface area contributed by atoms with Gasteiger partial charge in [-0.1, -0.05) is 13.8 Å². The van der Waals surface area contributed by atoms with Gasteiger partial charge < -0.3 is 0 Å². The van der Waals surface area contributed by atoms with E-state index >= 15 is 0 Å². The van der Waals surface area contributed by atoms with E-state index in [-0.39, 0.29) is 0 Å². The van der Waals surface area contributed by atoms with Crippen LogP contribution < -0.4 is 0 Å². The largest absolute Gasteiger partial charge is 0.158 e. The summed E-state index contributed by atoms with van der Waals surface area (Å²) in [6.45, 7) is 4.32. The molecular formula is C5H11S. The zero-order valence-electron chi connectivity index (χ0n) is 4.40. The summed E-state index contributed by atoms with van der Waals surface area (Å²) < 4.78 is 0. The molecule has 0 bridgehead atoms. The van der Waals surface area contributed by atoms with Crippen molar-refractivity contribution in [1.82, 2.24) is 0 Å². The molecule has 0 amide bonds. The van der Waals surface area contributed by atoms with Gasteiger partial charge in [0.1, 0.15) is 0 Å². The molecule has 0 rings (SSSR count). The highest BCUT2D eigenvalue weighted by molar-refractivity contribution is 8.01. The quantitative estimate of drug-likeness (QED) is 0.494. The molecule has 0 N–H and O–H groups in total. The van der Waals surface area contributed by atoms with Gasteiger partial charge in [-0.15, -0.1) is 0 Å². The first-order valence-electron chi connectivity index (χ1n) is 2.35. The monoisotopic (exact) mass is 103 g/mol. The third kappa shape index (κ3) is 4.35. The Kier molecular flexibility index (Phi) is 5.66. The van der Waals surface area contributed by atoms with Crippen LogP contribution in [0.2, 0.25) is 0 Å². The Hall–Kier alpha value is 0.350. The van der Waals surface area contributed by atoms with Crippen LogP contribution in [0.4, 0.5) is 0 Å². The Morgan fingerprint density at radius 2 is 2.17 bits per heavy atom. The van der Waals surface area contributed by atoms with Gasteiger partial charge in [0.2, 0.25) is 0 Å². The maximum atomic E-state index is 2.22. The maximum absolute atomic E-state index is 2.22. The minimum absolute atomic E-state index is 1.19. The van der Waals surface area contributed by atoms with Gasteiger partial charge in [-0.2, -0.15) is 11.8 Å². The van der Waals surface area contributed by atoms with Gasteiger partial charge in [0.25, 0.3) is 0 Å². The highest BCUT2D eigenvalue weighted by atomic mass is 32.2. The molecule has 0 aliphatic heterocycles. The van der Waals surface area contributed by atoms with Gasteiger partial charge in [-0.3, -0.25) is 0 Å². The standard InChI is InChI=1S/C5H11S/c1-3-5-6-4-2/h5H,3-4H2,1-2H3. The van der Waals surface area contributed by atoms with Crippen LogP contribution in [0, 0.1) is 5.75 Å². The van der Waals surface area contributed by atoms with Gasteiger partial charge >= 0.3 is 0 Å². The molecule has 0 spiro atoms. The molecule has 0 aliphatic carbocycles. The summed E-state index contributed by atoms with van der Waals surface area (Å²) in [7, 11) is 0. The fourth-order valence-electron chi connectivity index (χ4n) is 0.236. The molecule has 0 unspecified atom stereocenters. The summed E-state index contributed by atoms with van der Waals surface area (Å²) in [4.78, 5) is 0. The molecule has 0 saturated heterocycles. The summed E-state index contributed by atoms with van der Waals surface area (Å²) >= 11 is 1.88. The van der Waals surface area contributed by atoms with Crippen molar-refractivity contribution in [2.75, 3.05) is 5.75 Å². The molecule has 6 heavy (non-hydrogen) atoms. The Balaban J connectivity index is 2.34. The topological polar surface area (TPSA) is 0 Å². The summed E-state index contributed by atoms with van der Waals surface area (Å²) in [6, 6.07) is 0. The molecule has 1 heteroatoms. The van der Waals surface area contributed by atoms with Crippen molar-refractivity contribution in [3.8, 4) is 0 Å². The Morgan fingerprint density at radius 3 is 2.33 bits per heavy atom. The molecule has 0 heterocycles. The van der Waals surface area contributed by atoms with Crippen molar-refractivity contribution in [2.24, 2.45) is 0 Å². The SMILES string of the molecule is CC[CH]SCC. The van der Waals surface area contributed by atoms with Gasteiger partial charge in [0.15, 0.2) is 0 Å². The number of rotatable bonds is 3. The molecule has 0 fully saturated rings. The molecule has 1 radical (unpaired) electrons. The van der Waals surface area contributed by atoms with E-state index in [1.807, 2.05) is 11.8 Å². The number of hydrogen-bond donors (Lipinski definition) is 0. The van der Waals surface area contributed by atoms with Crippen LogP contribution in [0.25, 0.3) is 0 Å². The van der Waals surface area contributed by atoms with Crippen molar-refractivity contribution >= 4 is 11.8 Å². The molecule has 0 nitrogen and oxygen atoms in total. The maximum Gasteiger partial charge on any atom is 0.0163 e. The van der Waals surface area contributed by atoms with Crippen LogP contribution in [-0.4, -0.2) is 5.75 Å². The van der Waals surface area contributed by atoms with Gasteiger partial charge in [0, 0.05) is 5.75 Å². The van der Waals surface area contributed by atoms with Crippen LogP contribution in [0.1, 0.15) is 20.3 Å². The first-order chi connectivity index (χ1) is 2.91. The van der Waals surface area contributed by atoms with E-state index < -0.39 is 0 Å². The average Bonchev–Trinajstić information content (AvgIpc) is 1.61. The van der Waals surface area contributed by atoms with Crippen molar-refractivity contribution in [3.63, 3.8) is 0 Å². The number of hydrogen-bond acceptors (Lipinski definition) is 1. The fourth-order valence-corrected chi connectivity index (χ4v) is 0.707. The predicted molar refractivity (Wildman–Crippen MR) is 32.7 cm³/mol. The van der Waals surface area contributed by atoms with Crippen LogP contribution >= 0.6 is 11.8 Å². The third-order valence-corrected chi connectivity index (χ3v) is 1.35. The number of thioether (sulfide) groups is 1. The second-order valence-electron chi connectivity index (χ2n) is 1.03. The molecule has 0 aromatic heterocycles. The first-order valence-corrected chi connectivity index (χ1v) is 3.40. The smallest absolute Gasteiger partial charge is 0.0163 e. The van der Waals surface area contributed by atoms with E-state index in [0.717, 1.165) is 0 Å². The Morgan fingerprint density at radius 1 is 1.50 bits per heavy atom. The van der Waals surface area contributed by atoms with E-state index in [0.29, 0.717) is 0 Å². The van der Waals surface area contributed by atoms with E-state index in [2.05, 4.69) is 19.6 Å². The zero-order chi connectivity index (χ0) is 4.83. The Bertz CT molecular complexity index is 15.9. The molecule has 0 aliphatic rings. The molecule has 0 saturated carbocycles. The van der Waals surface area contributed by atoms with Crippen molar-refractivity contribution in [1.29, 1.82) is 0 Å². The second-order valence-corrected chi connectivity index (χ2v) is 2.27. The lowest BCUT2D eigenvalue weighted by molar-refractivity contribution is 1.20. The zero-order valence-corrected chi connectivity index (χ0v) is 5.22. The molecule has 0 atom stereocenters. The van der Waals surface area contributed by atoms with Crippen molar-refractivity contribution in [2.45, 2.75) is 20.3 Å². The van der Waals surface area contributed by atoms with E-state index in [1.165, 1.54) is 12.2 Å². The van der Waals surface area contributed by atoms with E-state index in [1.54, 1.807) is 0 Å². The average molecular weight is 103 g/mol. The highest BCUT2D eigenvalue weighted by Crippen LogP contribution is 2.04. The molecule has 37 valence electrons. The first kappa shape index (κ1) is 6.35. The third-order valence-electron chi connectivity index (χ3n) is 0.451. The van der Waals surface area contributed by atoms with Crippen LogP contribution in [-0.2, 0) is 0 Å². The lowest BCUT2D eigenvalue weighted by atomic mass is 10.6. The van der Waals surface area contributed by atoms with Crippen LogP contribution in [0.5, 0.6) is 0 Å². The Labute approximate surface area is 44.3 Å². The van der Waals surface area contributed by atoms with Gasteiger partial charge in [-0.05, 0) is 12.2 Å². The predicted octanol–water partition coefficient (Wildman–Crippen LogP) is 2.31. The normalized spacial score (nSPS) is 9.00. The molecular weight excluding hydrogens is 92.1 g/mol.